The summed E-state index contributed by atoms with van der Waals surface area (Å²) in [5.41, 5.74) is 9.10. The second-order valence-electron chi connectivity index (χ2n) is 5.55. The number of fused-ring (bicyclic) bond motifs is 1. The molecule has 0 saturated carbocycles. The normalized spacial score (nSPS) is 13.4. The predicted octanol–water partition coefficient (Wildman–Crippen LogP) is 3.25. The van der Waals surface area contributed by atoms with E-state index < -0.39 is 0 Å². The molecule has 116 valence electrons. The summed E-state index contributed by atoms with van der Waals surface area (Å²) >= 11 is 0. The lowest BCUT2D eigenvalue weighted by Crippen LogP contribution is -2.34. The van der Waals surface area contributed by atoms with Crippen molar-refractivity contribution in [1.29, 1.82) is 0 Å². The molecule has 0 saturated heterocycles. The van der Waals surface area contributed by atoms with Gasteiger partial charge in [-0.15, -0.1) is 0 Å². The van der Waals surface area contributed by atoms with E-state index in [9.17, 15) is 0 Å². The Bertz CT molecular complexity index is 643. The quantitative estimate of drug-likeness (QED) is 0.680. The van der Waals surface area contributed by atoms with Crippen molar-refractivity contribution in [3.63, 3.8) is 0 Å². The average Bonchev–Trinajstić information content (AvgIpc) is 2.52. The first-order valence-corrected chi connectivity index (χ1v) is 7.70. The van der Waals surface area contributed by atoms with Crippen LogP contribution in [0.15, 0.2) is 42.5 Å². The second kappa shape index (κ2) is 6.60. The second-order valence-corrected chi connectivity index (χ2v) is 5.55. The van der Waals surface area contributed by atoms with Gasteiger partial charge in [0.25, 0.3) is 0 Å². The Kier molecular flexibility index (Phi) is 4.37. The SMILES string of the molecule is Cc1cccc(OCCCN2CCOc3cccc(N)c32)c1. The smallest absolute Gasteiger partial charge is 0.144 e. The Morgan fingerprint density at radius 1 is 1.23 bits per heavy atom. The molecule has 4 heteroatoms. The number of anilines is 2. The minimum atomic E-state index is 0.697. The van der Waals surface area contributed by atoms with E-state index in [2.05, 4.69) is 24.0 Å². The Morgan fingerprint density at radius 3 is 2.95 bits per heavy atom. The summed E-state index contributed by atoms with van der Waals surface area (Å²) in [6.07, 6.45) is 0.946. The zero-order valence-corrected chi connectivity index (χ0v) is 12.9. The highest BCUT2D eigenvalue weighted by Crippen LogP contribution is 2.36. The largest absolute Gasteiger partial charge is 0.494 e. The molecule has 2 N–H and O–H groups in total. The fourth-order valence-corrected chi connectivity index (χ4v) is 2.75. The lowest BCUT2D eigenvalue weighted by atomic mass is 10.2. The first kappa shape index (κ1) is 14.6. The number of benzene rings is 2. The van der Waals surface area contributed by atoms with Gasteiger partial charge in [0.2, 0.25) is 0 Å². The molecule has 1 heterocycles. The summed E-state index contributed by atoms with van der Waals surface area (Å²) in [5, 5.41) is 0. The third kappa shape index (κ3) is 3.27. The van der Waals surface area contributed by atoms with E-state index in [0.29, 0.717) is 13.2 Å². The van der Waals surface area contributed by atoms with Crippen molar-refractivity contribution in [2.45, 2.75) is 13.3 Å². The van der Waals surface area contributed by atoms with Gasteiger partial charge in [-0.25, -0.2) is 0 Å². The summed E-state index contributed by atoms with van der Waals surface area (Å²) in [7, 11) is 0. The van der Waals surface area contributed by atoms with E-state index in [0.717, 1.165) is 42.4 Å². The van der Waals surface area contributed by atoms with Crippen molar-refractivity contribution >= 4 is 11.4 Å². The van der Waals surface area contributed by atoms with Gasteiger partial charge in [0, 0.05) is 6.54 Å². The number of aryl methyl sites for hydroxylation is 1. The van der Waals surface area contributed by atoms with Crippen molar-refractivity contribution in [3.05, 3.63) is 48.0 Å². The standard InChI is InChI=1S/C18H22N2O2/c1-14-5-2-6-15(13-14)21-11-4-9-20-10-12-22-17-8-3-7-16(19)18(17)20/h2-3,5-8,13H,4,9-12,19H2,1H3. The molecule has 22 heavy (non-hydrogen) atoms. The molecule has 0 spiro atoms. The first-order valence-electron chi connectivity index (χ1n) is 7.70. The van der Waals surface area contributed by atoms with Gasteiger partial charge in [-0.05, 0) is 43.2 Å². The van der Waals surface area contributed by atoms with Gasteiger partial charge in [-0.2, -0.15) is 0 Å². The van der Waals surface area contributed by atoms with Crippen LogP contribution in [0.4, 0.5) is 11.4 Å². The Labute approximate surface area is 131 Å². The van der Waals surface area contributed by atoms with Crippen LogP contribution in [0.5, 0.6) is 11.5 Å². The lowest BCUT2D eigenvalue weighted by molar-refractivity contribution is 0.293. The van der Waals surface area contributed by atoms with Crippen molar-refractivity contribution in [2.75, 3.05) is 36.9 Å². The number of nitrogens with zero attached hydrogens (tertiary/aromatic N) is 1. The molecule has 0 atom stereocenters. The summed E-state index contributed by atoms with van der Waals surface area (Å²) in [6, 6.07) is 14.0. The van der Waals surface area contributed by atoms with Gasteiger partial charge < -0.3 is 20.1 Å². The highest BCUT2D eigenvalue weighted by Gasteiger charge is 2.19. The van der Waals surface area contributed by atoms with Crippen molar-refractivity contribution < 1.29 is 9.47 Å². The van der Waals surface area contributed by atoms with Crippen LogP contribution >= 0.6 is 0 Å². The molecule has 0 amide bonds. The summed E-state index contributed by atoms with van der Waals surface area (Å²) in [4.78, 5) is 2.29. The maximum Gasteiger partial charge on any atom is 0.144 e. The van der Waals surface area contributed by atoms with Crippen LogP contribution in [-0.4, -0.2) is 26.3 Å². The van der Waals surface area contributed by atoms with E-state index in [-0.39, 0.29) is 0 Å². The van der Waals surface area contributed by atoms with E-state index >= 15 is 0 Å². The average molecular weight is 298 g/mol. The minimum absolute atomic E-state index is 0.697. The Balaban J connectivity index is 1.55. The van der Waals surface area contributed by atoms with Crippen molar-refractivity contribution in [2.24, 2.45) is 0 Å². The van der Waals surface area contributed by atoms with Gasteiger partial charge in [-0.3, -0.25) is 0 Å². The molecule has 0 unspecified atom stereocenters. The molecule has 0 bridgehead atoms. The molecule has 1 aliphatic rings. The van der Waals surface area contributed by atoms with E-state index in [1.54, 1.807) is 0 Å². The fraction of sp³-hybridized carbons (Fsp3) is 0.333. The van der Waals surface area contributed by atoms with Crippen LogP contribution in [0.25, 0.3) is 0 Å². The van der Waals surface area contributed by atoms with Gasteiger partial charge >= 0.3 is 0 Å². The van der Waals surface area contributed by atoms with Gasteiger partial charge in [0.1, 0.15) is 23.8 Å². The maximum atomic E-state index is 6.09. The monoisotopic (exact) mass is 298 g/mol. The van der Waals surface area contributed by atoms with E-state index in [4.69, 9.17) is 15.2 Å². The zero-order valence-electron chi connectivity index (χ0n) is 12.9. The number of hydrogen-bond donors (Lipinski definition) is 1. The van der Waals surface area contributed by atoms with Crippen LogP contribution in [0.3, 0.4) is 0 Å². The lowest BCUT2D eigenvalue weighted by Gasteiger charge is -2.32. The molecular formula is C18H22N2O2. The molecule has 0 radical (unpaired) electrons. The van der Waals surface area contributed by atoms with E-state index in [1.165, 1.54) is 5.56 Å². The number of nitrogens with two attached hydrogens (primary N) is 1. The molecule has 1 aliphatic heterocycles. The predicted molar refractivity (Wildman–Crippen MR) is 89.9 cm³/mol. The van der Waals surface area contributed by atoms with Crippen LogP contribution in [0.1, 0.15) is 12.0 Å². The van der Waals surface area contributed by atoms with Crippen LogP contribution < -0.4 is 20.1 Å². The van der Waals surface area contributed by atoms with Gasteiger partial charge in [-0.1, -0.05) is 18.2 Å². The molecular weight excluding hydrogens is 276 g/mol. The van der Waals surface area contributed by atoms with Crippen LogP contribution in [-0.2, 0) is 0 Å². The molecule has 0 aromatic heterocycles. The topological polar surface area (TPSA) is 47.7 Å². The highest BCUT2D eigenvalue weighted by atomic mass is 16.5. The maximum absolute atomic E-state index is 6.09. The molecule has 0 fully saturated rings. The molecule has 2 aromatic rings. The first-order chi connectivity index (χ1) is 10.7. The van der Waals surface area contributed by atoms with Crippen LogP contribution in [0.2, 0.25) is 0 Å². The van der Waals surface area contributed by atoms with Crippen molar-refractivity contribution in [3.8, 4) is 11.5 Å². The molecule has 4 nitrogen and oxygen atoms in total. The third-order valence-corrected chi connectivity index (χ3v) is 3.80. The number of para-hydroxylation sites is 1. The molecule has 3 rings (SSSR count). The Hall–Kier alpha value is -2.36. The number of hydrogen-bond acceptors (Lipinski definition) is 4. The molecule has 0 aliphatic carbocycles. The van der Waals surface area contributed by atoms with Gasteiger partial charge in [0.15, 0.2) is 0 Å². The zero-order chi connectivity index (χ0) is 15.4. The Morgan fingerprint density at radius 2 is 2.09 bits per heavy atom. The fourth-order valence-electron chi connectivity index (χ4n) is 2.75. The van der Waals surface area contributed by atoms with Crippen molar-refractivity contribution in [1.82, 2.24) is 0 Å². The summed E-state index contributed by atoms with van der Waals surface area (Å²) < 4.78 is 11.5. The number of ether oxygens (including phenoxy) is 2. The highest BCUT2D eigenvalue weighted by molar-refractivity contribution is 5.75. The summed E-state index contributed by atoms with van der Waals surface area (Å²) in [6.45, 7) is 5.25. The summed E-state index contributed by atoms with van der Waals surface area (Å²) in [5.74, 6) is 1.81. The number of rotatable bonds is 5. The van der Waals surface area contributed by atoms with E-state index in [1.807, 2.05) is 30.3 Å². The third-order valence-electron chi connectivity index (χ3n) is 3.80. The molecule has 2 aromatic carbocycles. The van der Waals surface area contributed by atoms with Gasteiger partial charge in [0.05, 0.1) is 18.8 Å². The minimum Gasteiger partial charge on any atom is -0.494 e. The van der Waals surface area contributed by atoms with Crippen LogP contribution in [0, 0.1) is 6.92 Å². The number of nitrogen functional groups attached to an aromatic ring is 1.